The first-order valence-electron chi connectivity index (χ1n) is 8.56. The molecule has 0 aliphatic heterocycles. The molecule has 0 aliphatic rings. The van der Waals surface area contributed by atoms with E-state index in [0.29, 0.717) is 11.3 Å². The highest BCUT2D eigenvalue weighted by molar-refractivity contribution is 7.89. The Morgan fingerprint density at radius 3 is 2.41 bits per heavy atom. The summed E-state index contributed by atoms with van der Waals surface area (Å²) < 4.78 is 26.9. The van der Waals surface area contributed by atoms with Gasteiger partial charge in [-0.2, -0.15) is 0 Å². The number of nitrogens with zero attached hydrogens (tertiary/aromatic N) is 1. The van der Waals surface area contributed by atoms with Gasteiger partial charge >= 0.3 is 0 Å². The van der Waals surface area contributed by atoms with Crippen molar-refractivity contribution in [1.29, 1.82) is 0 Å². The van der Waals surface area contributed by atoms with E-state index in [-0.39, 0.29) is 16.8 Å². The Morgan fingerprint density at radius 2 is 1.74 bits per heavy atom. The molecule has 0 spiro atoms. The lowest BCUT2D eigenvalue weighted by molar-refractivity contribution is 0.102. The second kappa shape index (κ2) is 7.46. The van der Waals surface area contributed by atoms with Crippen molar-refractivity contribution in [3.8, 4) is 0 Å². The number of carbonyl (C=O) groups excluding carboxylic acids is 1. The summed E-state index contributed by atoms with van der Waals surface area (Å²) in [5, 5.41) is 3.73. The molecule has 7 heteroatoms. The molecule has 1 amide bonds. The molecule has 3 aromatic rings. The van der Waals surface area contributed by atoms with Crippen molar-refractivity contribution >= 4 is 32.5 Å². The number of benzene rings is 2. The summed E-state index contributed by atoms with van der Waals surface area (Å²) in [6.07, 6.45) is 1.71. The quantitative estimate of drug-likeness (QED) is 0.706. The van der Waals surface area contributed by atoms with E-state index in [9.17, 15) is 13.2 Å². The number of hydrogen-bond donors (Lipinski definition) is 2. The largest absolute Gasteiger partial charge is 0.321 e. The second-order valence-electron chi connectivity index (χ2n) is 6.58. The molecule has 0 bridgehead atoms. The van der Waals surface area contributed by atoms with Crippen LogP contribution in [0.15, 0.2) is 59.6 Å². The SMILES string of the molecule is Cc1ccc(NC(=O)c2ccc(S(=O)(=O)NC(C)C)cc2)c2cccnc12. The van der Waals surface area contributed by atoms with Crippen molar-refractivity contribution in [2.24, 2.45) is 0 Å². The third kappa shape index (κ3) is 4.15. The fraction of sp³-hybridized carbons (Fsp3) is 0.200. The van der Waals surface area contributed by atoms with E-state index in [4.69, 9.17) is 0 Å². The number of anilines is 1. The van der Waals surface area contributed by atoms with Gasteiger partial charge in [0.05, 0.1) is 16.1 Å². The topological polar surface area (TPSA) is 88.2 Å². The molecule has 0 aliphatic carbocycles. The summed E-state index contributed by atoms with van der Waals surface area (Å²) in [6.45, 7) is 5.46. The average molecular weight is 383 g/mol. The minimum Gasteiger partial charge on any atom is -0.321 e. The van der Waals surface area contributed by atoms with Crippen LogP contribution >= 0.6 is 0 Å². The fourth-order valence-electron chi connectivity index (χ4n) is 2.78. The van der Waals surface area contributed by atoms with Crippen molar-refractivity contribution in [2.75, 3.05) is 5.32 Å². The lowest BCUT2D eigenvalue weighted by Gasteiger charge is -2.11. The Kier molecular flexibility index (Phi) is 5.25. The van der Waals surface area contributed by atoms with Gasteiger partial charge in [0.2, 0.25) is 10.0 Å². The molecular formula is C20H21N3O3S. The van der Waals surface area contributed by atoms with E-state index in [1.165, 1.54) is 24.3 Å². The zero-order valence-corrected chi connectivity index (χ0v) is 16.2. The standard InChI is InChI=1S/C20H21N3O3S/c1-13(2)23-27(25,26)16-9-7-15(8-10-16)20(24)22-18-11-6-14(3)19-17(18)5-4-12-21-19/h4-13,23H,1-3H3,(H,22,24). The molecule has 3 rings (SSSR count). The highest BCUT2D eigenvalue weighted by Crippen LogP contribution is 2.25. The summed E-state index contributed by atoms with van der Waals surface area (Å²) in [7, 11) is -3.58. The summed E-state index contributed by atoms with van der Waals surface area (Å²) in [5.41, 5.74) is 2.88. The lowest BCUT2D eigenvalue weighted by atomic mass is 10.1. The number of carbonyl (C=O) groups is 1. The number of fused-ring (bicyclic) bond motifs is 1. The molecule has 2 N–H and O–H groups in total. The van der Waals surface area contributed by atoms with Crippen LogP contribution in [0.3, 0.4) is 0 Å². The summed E-state index contributed by atoms with van der Waals surface area (Å²) >= 11 is 0. The van der Waals surface area contributed by atoms with Gasteiger partial charge in [0.15, 0.2) is 0 Å². The molecule has 6 nitrogen and oxygen atoms in total. The smallest absolute Gasteiger partial charge is 0.255 e. The zero-order valence-electron chi connectivity index (χ0n) is 15.4. The Balaban J connectivity index is 1.85. The van der Waals surface area contributed by atoms with Gasteiger partial charge in [-0.3, -0.25) is 9.78 Å². The number of sulfonamides is 1. The van der Waals surface area contributed by atoms with E-state index >= 15 is 0 Å². The molecule has 1 aromatic heterocycles. The monoisotopic (exact) mass is 383 g/mol. The molecule has 1 heterocycles. The molecule has 140 valence electrons. The van der Waals surface area contributed by atoms with Gasteiger partial charge < -0.3 is 5.32 Å². The normalized spacial score (nSPS) is 11.7. The van der Waals surface area contributed by atoms with Crippen LogP contribution in [0.25, 0.3) is 10.9 Å². The molecule has 0 unspecified atom stereocenters. The van der Waals surface area contributed by atoms with Crippen LogP contribution < -0.4 is 10.0 Å². The number of rotatable bonds is 5. The van der Waals surface area contributed by atoms with E-state index in [2.05, 4.69) is 15.0 Å². The third-order valence-electron chi connectivity index (χ3n) is 4.04. The highest BCUT2D eigenvalue weighted by atomic mass is 32.2. The van der Waals surface area contributed by atoms with Crippen LogP contribution in [0, 0.1) is 6.92 Å². The molecule has 2 aromatic carbocycles. The predicted molar refractivity (Wildman–Crippen MR) is 106 cm³/mol. The van der Waals surface area contributed by atoms with Crippen LogP contribution in [-0.2, 0) is 10.0 Å². The Morgan fingerprint density at radius 1 is 1.04 bits per heavy atom. The highest BCUT2D eigenvalue weighted by Gasteiger charge is 2.16. The summed E-state index contributed by atoms with van der Waals surface area (Å²) in [5.74, 6) is -0.315. The van der Waals surface area contributed by atoms with Crippen molar-refractivity contribution in [1.82, 2.24) is 9.71 Å². The molecule has 27 heavy (non-hydrogen) atoms. The molecule has 0 atom stereocenters. The average Bonchev–Trinajstić information content (AvgIpc) is 2.63. The third-order valence-corrected chi connectivity index (χ3v) is 5.71. The van der Waals surface area contributed by atoms with Gasteiger partial charge in [-0.1, -0.05) is 6.07 Å². The van der Waals surface area contributed by atoms with Crippen molar-refractivity contribution < 1.29 is 13.2 Å². The van der Waals surface area contributed by atoms with E-state index in [0.717, 1.165) is 16.5 Å². The number of amides is 1. The maximum Gasteiger partial charge on any atom is 0.255 e. The zero-order chi connectivity index (χ0) is 19.6. The van der Waals surface area contributed by atoms with Crippen molar-refractivity contribution in [3.05, 3.63) is 65.9 Å². The van der Waals surface area contributed by atoms with Gasteiger partial charge in [-0.15, -0.1) is 0 Å². The van der Waals surface area contributed by atoms with E-state index in [1.807, 2.05) is 31.2 Å². The number of hydrogen-bond acceptors (Lipinski definition) is 4. The van der Waals surface area contributed by atoms with Crippen molar-refractivity contribution in [3.63, 3.8) is 0 Å². The van der Waals surface area contributed by atoms with Gasteiger partial charge in [0, 0.05) is 23.2 Å². The number of aromatic nitrogens is 1. The molecule has 0 radical (unpaired) electrons. The van der Waals surface area contributed by atoms with Crippen LogP contribution in [0.1, 0.15) is 29.8 Å². The molecular weight excluding hydrogens is 362 g/mol. The summed E-state index contributed by atoms with van der Waals surface area (Å²) in [6, 6.07) is 13.1. The maximum atomic E-state index is 12.6. The van der Waals surface area contributed by atoms with Crippen LogP contribution in [0.4, 0.5) is 5.69 Å². The van der Waals surface area contributed by atoms with Crippen LogP contribution in [0.2, 0.25) is 0 Å². The fourth-order valence-corrected chi connectivity index (χ4v) is 4.03. The first-order valence-corrected chi connectivity index (χ1v) is 10.0. The maximum absolute atomic E-state index is 12.6. The lowest BCUT2D eigenvalue weighted by Crippen LogP contribution is -2.30. The number of pyridine rings is 1. The van der Waals surface area contributed by atoms with E-state index in [1.54, 1.807) is 20.0 Å². The van der Waals surface area contributed by atoms with Gasteiger partial charge in [0.25, 0.3) is 5.91 Å². The van der Waals surface area contributed by atoms with Gasteiger partial charge in [-0.25, -0.2) is 13.1 Å². The molecule has 0 saturated heterocycles. The Hall–Kier alpha value is -2.77. The van der Waals surface area contributed by atoms with Crippen molar-refractivity contribution in [2.45, 2.75) is 31.7 Å². The molecule has 0 fully saturated rings. The Labute approximate surface area is 158 Å². The second-order valence-corrected chi connectivity index (χ2v) is 8.30. The minimum absolute atomic E-state index is 0.123. The Bertz CT molecular complexity index is 1090. The first kappa shape index (κ1) is 19.0. The predicted octanol–water partition coefficient (Wildman–Crippen LogP) is 3.48. The van der Waals surface area contributed by atoms with Crippen LogP contribution in [0.5, 0.6) is 0 Å². The van der Waals surface area contributed by atoms with Gasteiger partial charge in [0.1, 0.15) is 0 Å². The van der Waals surface area contributed by atoms with Gasteiger partial charge in [-0.05, 0) is 68.8 Å². The summed E-state index contributed by atoms with van der Waals surface area (Å²) in [4.78, 5) is 17.1. The minimum atomic E-state index is -3.58. The molecule has 0 saturated carbocycles. The van der Waals surface area contributed by atoms with E-state index < -0.39 is 10.0 Å². The number of nitrogens with one attached hydrogen (secondary N) is 2. The number of aryl methyl sites for hydroxylation is 1. The first-order chi connectivity index (χ1) is 12.8. The van der Waals surface area contributed by atoms with Crippen LogP contribution in [-0.4, -0.2) is 25.4 Å².